The number of carbonyl (C=O) groups excluding carboxylic acids is 2. The summed E-state index contributed by atoms with van der Waals surface area (Å²) >= 11 is 0. The second-order valence-electron chi connectivity index (χ2n) is 9.13. The second kappa shape index (κ2) is 13.6. The molecule has 0 bridgehead atoms. The van der Waals surface area contributed by atoms with E-state index in [4.69, 9.17) is 14.6 Å². The summed E-state index contributed by atoms with van der Waals surface area (Å²) < 4.78 is 10.7. The molecule has 1 rings (SSSR count). The van der Waals surface area contributed by atoms with Gasteiger partial charge in [-0.1, -0.05) is 39.5 Å². The van der Waals surface area contributed by atoms with Gasteiger partial charge < -0.3 is 19.7 Å². The van der Waals surface area contributed by atoms with E-state index >= 15 is 0 Å². The summed E-state index contributed by atoms with van der Waals surface area (Å²) in [4.78, 5) is 46.1. The fourth-order valence-electron chi connectivity index (χ4n) is 3.25. The van der Waals surface area contributed by atoms with E-state index < -0.39 is 23.3 Å². The first-order valence-corrected chi connectivity index (χ1v) is 11.3. The number of carbonyl (C=O) groups is 4. The Kier molecular flexibility index (Phi) is 11.6. The van der Waals surface area contributed by atoms with Crippen molar-refractivity contribution in [1.29, 1.82) is 0 Å². The van der Waals surface area contributed by atoms with Crippen LogP contribution in [-0.2, 0) is 19.1 Å². The fourth-order valence-corrected chi connectivity index (χ4v) is 3.25. The number of hydrogen-bond donors (Lipinski definition) is 2. The Morgan fingerprint density at radius 2 is 1.24 bits per heavy atom. The Labute approximate surface area is 195 Å². The van der Waals surface area contributed by atoms with Crippen molar-refractivity contribution in [3.63, 3.8) is 0 Å². The summed E-state index contributed by atoms with van der Waals surface area (Å²) in [5.41, 5.74) is 0.971. The van der Waals surface area contributed by atoms with E-state index in [1.54, 1.807) is 13.8 Å². The molecule has 0 saturated carbocycles. The number of ether oxygens (including phenoxy) is 2. The van der Waals surface area contributed by atoms with Gasteiger partial charge in [-0.05, 0) is 49.9 Å². The van der Waals surface area contributed by atoms with Gasteiger partial charge in [-0.2, -0.15) is 0 Å². The van der Waals surface area contributed by atoms with Gasteiger partial charge >= 0.3 is 23.9 Å². The molecular formula is C25H36O8. The van der Waals surface area contributed by atoms with Gasteiger partial charge in [0, 0.05) is 18.3 Å². The lowest BCUT2D eigenvalue weighted by atomic mass is 9.96. The number of unbranched alkanes of at least 4 members (excludes halogenated alkanes) is 5. The van der Waals surface area contributed by atoms with Crippen LogP contribution in [0.25, 0.3) is 0 Å². The first kappa shape index (κ1) is 28.1. The van der Waals surface area contributed by atoms with Crippen molar-refractivity contribution in [3.8, 4) is 0 Å². The van der Waals surface area contributed by atoms with Crippen LogP contribution in [0.15, 0.2) is 12.1 Å². The zero-order chi connectivity index (χ0) is 25.0. The predicted octanol–water partition coefficient (Wildman–Crippen LogP) is 4.93. The minimum atomic E-state index is -1.05. The average molecular weight is 465 g/mol. The van der Waals surface area contributed by atoms with Gasteiger partial charge in [-0.25, -0.2) is 9.59 Å². The third-order valence-electron chi connectivity index (χ3n) is 5.48. The van der Waals surface area contributed by atoms with Gasteiger partial charge in [0.05, 0.1) is 24.3 Å². The van der Waals surface area contributed by atoms with Crippen LogP contribution in [0.3, 0.4) is 0 Å². The van der Waals surface area contributed by atoms with Gasteiger partial charge in [0.15, 0.2) is 0 Å². The van der Waals surface area contributed by atoms with Crippen LogP contribution in [0, 0.1) is 19.3 Å². The monoisotopic (exact) mass is 464 g/mol. The Morgan fingerprint density at radius 1 is 0.758 bits per heavy atom. The molecule has 2 N–H and O–H groups in total. The number of esters is 2. The number of aromatic carboxylic acids is 1. The molecule has 0 spiro atoms. The van der Waals surface area contributed by atoms with E-state index in [1.165, 1.54) is 12.1 Å². The highest BCUT2D eigenvalue weighted by Crippen LogP contribution is 2.22. The zero-order valence-corrected chi connectivity index (χ0v) is 20.1. The summed E-state index contributed by atoms with van der Waals surface area (Å²) in [6, 6.07) is 2.84. The summed E-state index contributed by atoms with van der Waals surface area (Å²) in [6.45, 7) is 7.16. The quantitative estimate of drug-likeness (QED) is 0.276. The van der Waals surface area contributed by atoms with Crippen LogP contribution in [0.1, 0.15) is 97.1 Å². The lowest BCUT2D eigenvalue weighted by Crippen LogP contribution is -2.28. The Bertz CT molecular complexity index is 841. The molecule has 184 valence electrons. The SMILES string of the molecule is Cc1c(C(=O)O)ccc(C(=O)OCC(C)(C)COC(=O)CCCCCCCCC(=O)O)c1C. The van der Waals surface area contributed by atoms with Crippen LogP contribution in [0.5, 0.6) is 0 Å². The van der Waals surface area contributed by atoms with E-state index in [1.807, 2.05) is 13.8 Å². The largest absolute Gasteiger partial charge is 0.481 e. The highest BCUT2D eigenvalue weighted by atomic mass is 16.5. The van der Waals surface area contributed by atoms with Gasteiger partial charge in [-0.15, -0.1) is 0 Å². The van der Waals surface area contributed by atoms with E-state index in [2.05, 4.69) is 0 Å². The van der Waals surface area contributed by atoms with Crippen LogP contribution >= 0.6 is 0 Å². The number of carboxylic acid groups (broad SMARTS) is 2. The van der Waals surface area contributed by atoms with Crippen molar-refractivity contribution in [3.05, 3.63) is 34.4 Å². The highest BCUT2D eigenvalue weighted by molar-refractivity contribution is 5.95. The maximum absolute atomic E-state index is 12.5. The van der Waals surface area contributed by atoms with Crippen molar-refractivity contribution < 1.29 is 38.9 Å². The highest BCUT2D eigenvalue weighted by Gasteiger charge is 2.24. The Morgan fingerprint density at radius 3 is 1.82 bits per heavy atom. The first-order chi connectivity index (χ1) is 15.4. The number of aliphatic carboxylic acids is 1. The molecule has 0 heterocycles. The van der Waals surface area contributed by atoms with Crippen LogP contribution in [0.2, 0.25) is 0 Å². The third-order valence-corrected chi connectivity index (χ3v) is 5.48. The summed E-state index contributed by atoms with van der Waals surface area (Å²) in [6.07, 6.45) is 5.61. The molecule has 8 heteroatoms. The second-order valence-corrected chi connectivity index (χ2v) is 9.13. The van der Waals surface area contributed by atoms with Crippen LogP contribution in [-0.4, -0.2) is 47.3 Å². The van der Waals surface area contributed by atoms with Crippen molar-refractivity contribution >= 4 is 23.9 Å². The molecule has 0 aliphatic rings. The van der Waals surface area contributed by atoms with Crippen LogP contribution < -0.4 is 0 Å². The molecule has 0 aromatic heterocycles. The smallest absolute Gasteiger partial charge is 0.338 e. The van der Waals surface area contributed by atoms with Gasteiger partial charge in [0.2, 0.25) is 0 Å². The molecular weight excluding hydrogens is 428 g/mol. The molecule has 1 aromatic carbocycles. The zero-order valence-electron chi connectivity index (χ0n) is 20.1. The average Bonchev–Trinajstić information content (AvgIpc) is 2.74. The summed E-state index contributed by atoms with van der Waals surface area (Å²) in [7, 11) is 0. The van der Waals surface area contributed by atoms with E-state index in [0.717, 1.165) is 32.1 Å². The lowest BCUT2D eigenvalue weighted by molar-refractivity contribution is -0.147. The topological polar surface area (TPSA) is 127 Å². The molecule has 0 aliphatic heterocycles. The number of carboxylic acids is 2. The third kappa shape index (κ3) is 10.5. The van der Waals surface area contributed by atoms with E-state index in [-0.39, 0.29) is 31.2 Å². The molecule has 0 atom stereocenters. The standard InChI is InChI=1S/C25H36O8/c1-17-18(2)20(14-13-19(17)23(29)30)24(31)33-16-25(3,4)15-32-22(28)12-10-8-6-5-7-9-11-21(26)27/h13-14H,5-12,15-16H2,1-4H3,(H,26,27)(H,29,30). The molecule has 0 radical (unpaired) electrons. The minimum Gasteiger partial charge on any atom is -0.481 e. The molecule has 0 saturated heterocycles. The molecule has 8 nitrogen and oxygen atoms in total. The molecule has 0 fully saturated rings. The van der Waals surface area contributed by atoms with Crippen molar-refractivity contribution in [2.24, 2.45) is 5.41 Å². The van der Waals surface area contributed by atoms with Gasteiger partial charge in [0.1, 0.15) is 0 Å². The van der Waals surface area contributed by atoms with Crippen molar-refractivity contribution in [2.75, 3.05) is 13.2 Å². The lowest BCUT2D eigenvalue weighted by Gasteiger charge is -2.24. The number of hydrogen-bond acceptors (Lipinski definition) is 6. The summed E-state index contributed by atoms with van der Waals surface area (Å²) in [5.74, 6) is -2.66. The number of rotatable bonds is 15. The van der Waals surface area contributed by atoms with E-state index in [9.17, 15) is 24.3 Å². The molecule has 0 aliphatic carbocycles. The number of benzene rings is 1. The maximum atomic E-state index is 12.5. The molecule has 0 unspecified atom stereocenters. The Hall–Kier alpha value is -2.90. The fraction of sp³-hybridized carbons (Fsp3) is 0.600. The van der Waals surface area contributed by atoms with Crippen LogP contribution in [0.4, 0.5) is 0 Å². The minimum absolute atomic E-state index is 0.0502. The normalized spacial score (nSPS) is 11.2. The molecule has 0 amide bonds. The van der Waals surface area contributed by atoms with Crippen molar-refractivity contribution in [2.45, 2.75) is 79.1 Å². The van der Waals surface area contributed by atoms with Crippen molar-refractivity contribution in [1.82, 2.24) is 0 Å². The molecule has 1 aromatic rings. The maximum Gasteiger partial charge on any atom is 0.338 e. The van der Waals surface area contributed by atoms with Gasteiger partial charge in [0.25, 0.3) is 0 Å². The molecule has 33 heavy (non-hydrogen) atoms. The summed E-state index contributed by atoms with van der Waals surface area (Å²) in [5, 5.41) is 17.8. The van der Waals surface area contributed by atoms with Gasteiger partial charge in [-0.3, -0.25) is 9.59 Å². The first-order valence-electron chi connectivity index (χ1n) is 11.3. The predicted molar refractivity (Wildman–Crippen MR) is 122 cm³/mol. The van der Waals surface area contributed by atoms with E-state index in [0.29, 0.717) is 29.5 Å². The Balaban J connectivity index is 2.34.